The van der Waals surface area contributed by atoms with Gasteiger partial charge in [0, 0.05) is 25.7 Å². The molecule has 18 heavy (non-hydrogen) atoms. The fourth-order valence-electron chi connectivity index (χ4n) is 2.39. The predicted molar refractivity (Wildman–Crippen MR) is 74.6 cm³/mol. The molecule has 0 bridgehead atoms. The average molecular weight is 249 g/mol. The Balaban J connectivity index is 1.80. The minimum absolute atomic E-state index is 0.606. The van der Waals surface area contributed by atoms with Gasteiger partial charge in [-0.25, -0.2) is 9.97 Å². The van der Waals surface area contributed by atoms with Gasteiger partial charge in [0.05, 0.1) is 0 Å². The highest BCUT2D eigenvalue weighted by Crippen LogP contribution is 2.23. The Hall–Kier alpha value is -1.36. The first-order valence-corrected chi connectivity index (χ1v) is 6.88. The van der Waals surface area contributed by atoms with E-state index in [2.05, 4.69) is 20.6 Å². The highest BCUT2D eigenvalue weighted by Gasteiger charge is 2.13. The highest BCUT2D eigenvalue weighted by molar-refractivity contribution is 5.46. The van der Waals surface area contributed by atoms with Crippen molar-refractivity contribution >= 4 is 11.6 Å². The van der Waals surface area contributed by atoms with Crippen LogP contribution in [0.4, 0.5) is 11.6 Å². The number of nitrogens with one attached hydrogen (secondary N) is 2. The third-order valence-corrected chi connectivity index (χ3v) is 3.41. The number of aromatic nitrogens is 2. The summed E-state index contributed by atoms with van der Waals surface area (Å²) in [5.74, 6) is 2.53. The van der Waals surface area contributed by atoms with Gasteiger partial charge in [-0.1, -0.05) is 19.3 Å². The molecule has 1 heterocycles. The Morgan fingerprint density at radius 3 is 2.56 bits per heavy atom. The molecule has 1 aliphatic rings. The fraction of sp³-hybridized carbons (Fsp3) is 0.692. The number of anilines is 2. The maximum Gasteiger partial charge on any atom is 0.131 e. The molecule has 0 radical (unpaired) electrons. The van der Waals surface area contributed by atoms with E-state index in [4.69, 9.17) is 5.73 Å². The van der Waals surface area contributed by atoms with Crippen molar-refractivity contribution in [1.82, 2.24) is 9.97 Å². The van der Waals surface area contributed by atoms with E-state index >= 15 is 0 Å². The Kier molecular flexibility index (Phi) is 5.20. The van der Waals surface area contributed by atoms with E-state index in [0.717, 1.165) is 30.6 Å². The van der Waals surface area contributed by atoms with Crippen molar-refractivity contribution in [2.45, 2.75) is 32.1 Å². The number of hydrogen-bond donors (Lipinski definition) is 3. The van der Waals surface area contributed by atoms with E-state index in [1.807, 2.05) is 6.07 Å². The second-order valence-electron chi connectivity index (χ2n) is 4.89. The molecule has 1 saturated carbocycles. The summed E-state index contributed by atoms with van der Waals surface area (Å²) in [6.07, 6.45) is 8.42. The molecule has 0 aromatic carbocycles. The van der Waals surface area contributed by atoms with Crippen molar-refractivity contribution < 1.29 is 0 Å². The predicted octanol–water partition coefficient (Wildman–Crippen LogP) is 1.84. The van der Waals surface area contributed by atoms with E-state index in [-0.39, 0.29) is 0 Å². The normalized spacial score (nSPS) is 16.5. The smallest absolute Gasteiger partial charge is 0.131 e. The zero-order valence-corrected chi connectivity index (χ0v) is 10.9. The van der Waals surface area contributed by atoms with Crippen LogP contribution in [0.5, 0.6) is 0 Å². The van der Waals surface area contributed by atoms with Crippen LogP contribution in [0.1, 0.15) is 32.1 Å². The van der Waals surface area contributed by atoms with E-state index < -0.39 is 0 Å². The van der Waals surface area contributed by atoms with Gasteiger partial charge in [-0.3, -0.25) is 0 Å². The second-order valence-corrected chi connectivity index (χ2v) is 4.89. The summed E-state index contributed by atoms with van der Waals surface area (Å²) >= 11 is 0. The molecule has 4 N–H and O–H groups in total. The van der Waals surface area contributed by atoms with Crippen LogP contribution in [-0.2, 0) is 0 Å². The van der Waals surface area contributed by atoms with Crippen LogP contribution in [0.2, 0.25) is 0 Å². The topological polar surface area (TPSA) is 75.9 Å². The summed E-state index contributed by atoms with van der Waals surface area (Å²) in [4.78, 5) is 8.39. The van der Waals surface area contributed by atoms with Gasteiger partial charge >= 0.3 is 0 Å². The molecule has 1 aliphatic carbocycles. The molecule has 1 aromatic heterocycles. The van der Waals surface area contributed by atoms with Crippen molar-refractivity contribution in [2.75, 3.05) is 30.3 Å². The standard InChI is InChI=1S/C13H23N5/c14-6-7-15-12-8-13(18-10-17-12)16-9-11-4-2-1-3-5-11/h8,10-11H,1-7,9,14H2,(H2,15,16,17,18). The lowest BCUT2D eigenvalue weighted by Gasteiger charge is -2.22. The molecule has 0 saturated heterocycles. The van der Waals surface area contributed by atoms with Crippen LogP contribution >= 0.6 is 0 Å². The van der Waals surface area contributed by atoms with Gasteiger partial charge in [-0.2, -0.15) is 0 Å². The molecule has 2 rings (SSSR count). The van der Waals surface area contributed by atoms with E-state index in [0.29, 0.717) is 6.54 Å². The summed E-state index contributed by atoms with van der Waals surface area (Å²) in [5.41, 5.74) is 5.45. The maximum absolute atomic E-state index is 5.45. The van der Waals surface area contributed by atoms with Crippen LogP contribution in [0.15, 0.2) is 12.4 Å². The second kappa shape index (κ2) is 7.16. The molecule has 5 heteroatoms. The Morgan fingerprint density at radius 2 is 1.83 bits per heavy atom. The average Bonchev–Trinajstić information content (AvgIpc) is 2.44. The van der Waals surface area contributed by atoms with Gasteiger partial charge < -0.3 is 16.4 Å². The van der Waals surface area contributed by atoms with Crippen molar-refractivity contribution in [3.63, 3.8) is 0 Å². The quantitative estimate of drug-likeness (QED) is 0.717. The van der Waals surface area contributed by atoms with Gasteiger partial charge in [-0.05, 0) is 18.8 Å². The van der Waals surface area contributed by atoms with Gasteiger partial charge in [0.15, 0.2) is 0 Å². The zero-order valence-electron chi connectivity index (χ0n) is 10.9. The third kappa shape index (κ3) is 4.14. The number of nitrogens with zero attached hydrogens (tertiary/aromatic N) is 2. The number of rotatable bonds is 6. The Labute approximate surface area is 109 Å². The van der Waals surface area contributed by atoms with Crippen molar-refractivity contribution in [3.05, 3.63) is 12.4 Å². The lowest BCUT2D eigenvalue weighted by Crippen LogP contribution is -2.18. The molecule has 5 nitrogen and oxygen atoms in total. The molecule has 0 spiro atoms. The van der Waals surface area contributed by atoms with Crippen LogP contribution in [0.25, 0.3) is 0 Å². The number of hydrogen-bond acceptors (Lipinski definition) is 5. The van der Waals surface area contributed by atoms with Gasteiger partial charge in [0.25, 0.3) is 0 Å². The lowest BCUT2D eigenvalue weighted by molar-refractivity contribution is 0.373. The van der Waals surface area contributed by atoms with Gasteiger partial charge in [0.2, 0.25) is 0 Å². The van der Waals surface area contributed by atoms with Crippen LogP contribution < -0.4 is 16.4 Å². The largest absolute Gasteiger partial charge is 0.370 e. The Bertz CT molecular complexity index is 349. The summed E-state index contributed by atoms with van der Waals surface area (Å²) in [5, 5.41) is 6.57. The van der Waals surface area contributed by atoms with E-state index in [1.165, 1.54) is 32.1 Å². The molecule has 100 valence electrons. The molecular formula is C13H23N5. The first kappa shape index (κ1) is 13.1. The summed E-state index contributed by atoms with van der Waals surface area (Å²) < 4.78 is 0. The van der Waals surface area contributed by atoms with Gasteiger partial charge in [0.1, 0.15) is 18.0 Å². The molecular weight excluding hydrogens is 226 g/mol. The molecule has 1 aromatic rings. The first-order valence-electron chi connectivity index (χ1n) is 6.88. The van der Waals surface area contributed by atoms with Crippen LogP contribution in [0.3, 0.4) is 0 Å². The van der Waals surface area contributed by atoms with Crippen molar-refractivity contribution in [2.24, 2.45) is 11.7 Å². The molecule has 0 aliphatic heterocycles. The summed E-state index contributed by atoms with van der Waals surface area (Å²) in [6, 6.07) is 1.94. The maximum atomic E-state index is 5.45. The monoisotopic (exact) mass is 249 g/mol. The van der Waals surface area contributed by atoms with E-state index in [1.54, 1.807) is 6.33 Å². The first-order chi connectivity index (χ1) is 8.88. The van der Waals surface area contributed by atoms with Crippen molar-refractivity contribution in [1.29, 1.82) is 0 Å². The molecule has 0 atom stereocenters. The SMILES string of the molecule is NCCNc1cc(NCC2CCCCC2)ncn1. The minimum Gasteiger partial charge on any atom is -0.370 e. The molecule has 0 amide bonds. The van der Waals surface area contributed by atoms with Gasteiger partial charge in [-0.15, -0.1) is 0 Å². The third-order valence-electron chi connectivity index (χ3n) is 3.41. The van der Waals surface area contributed by atoms with E-state index in [9.17, 15) is 0 Å². The molecule has 1 fully saturated rings. The summed E-state index contributed by atoms with van der Waals surface area (Å²) in [6.45, 7) is 2.36. The van der Waals surface area contributed by atoms with Crippen LogP contribution in [0, 0.1) is 5.92 Å². The fourth-order valence-corrected chi connectivity index (χ4v) is 2.39. The highest BCUT2D eigenvalue weighted by atomic mass is 15.1. The number of nitrogens with two attached hydrogens (primary N) is 1. The Morgan fingerprint density at radius 1 is 1.11 bits per heavy atom. The zero-order chi connectivity index (χ0) is 12.6. The van der Waals surface area contributed by atoms with Crippen molar-refractivity contribution in [3.8, 4) is 0 Å². The van der Waals surface area contributed by atoms with Crippen LogP contribution in [-0.4, -0.2) is 29.6 Å². The summed E-state index contributed by atoms with van der Waals surface area (Å²) in [7, 11) is 0. The molecule has 0 unspecified atom stereocenters. The minimum atomic E-state index is 0.606. The lowest BCUT2D eigenvalue weighted by atomic mass is 9.89.